The number of benzene rings is 1. The maximum Gasteiger partial charge on any atom is 0.149 e. The lowest BCUT2D eigenvalue weighted by atomic mass is 10.2. The van der Waals surface area contributed by atoms with Gasteiger partial charge in [0.25, 0.3) is 0 Å². The van der Waals surface area contributed by atoms with E-state index in [-0.39, 0.29) is 5.82 Å². The van der Waals surface area contributed by atoms with E-state index in [1.165, 1.54) is 12.4 Å². The van der Waals surface area contributed by atoms with Crippen molar-refractivity contribution in [3.05, 3.63) is 30.3 Å². The number of terminal acetylenes is 1. The van der Waals surface area contributed by atoms with Crippen molar-refractivity contribution in [1.82, 2.24) is 9.97 Å². The van der Waals surface area contributed by atoms with Crippen molar-refractivity contribution in [2.24, 2.45) is 0 Å². The lowest BCUT2D eigenvalue weighted by Gasteiger charge is -2.16. The molecule has 4 heteroatoms. The number of nitrogens with zero attached hydrogens (tertiary/aromatic N) is 3. The van der Waals surface area contributed by atoms with Crippen molar-refractivity contribution >= 4 is 16.7 Å². The molecule has 0 radical (unpaired) electrons. The van der Waals surface area contributed by atoms with Gasteiger partial charge in [0.15, 0.2) is 0 Å². The highest BCUT2D eigenvalue weighted by atomic mass is 19.1. The zero-order chi connectivity index (χ0) is 11.5. The first kappa shape index (κ1) is 10.4. The van der Waals surface area contributed by atoms with Crippen LogP contribution in [0.5, 0.6) is 0 Å². The van der Waals surface area contributed by atoms with Crippen LogP contribution in [0, 0.1) is 18.2 Å². The summed E-state index contributed by atoms with van der Waals surface area (Å²) in [5.74, 6) is 2.81. The highest BCUT2D eigenvalue weighted by molar-refractivity contribution is 5.89. The van der Waals surface area contributed by atoms with Crippen molar-refractivity contribution in [3.8, 4) is 12.3 Å². The largest absolute Gasteiger partial charge is 0.348 e. The Kier molecular flexibility index (Phi) is 2.69. The molecule has 2 rings (SSSR count). The molecule has 1 aromatic heterocycles. The number of fused-ring (bicyclic) bond motifs is 1. The van der Waals surface area contributed by atoms with Crippen molar-refractivity contribution in [3.63, 3.8) is 0 Å². The van der Waals surface area contributed by atoms with Crippen LogP contribution < -0.4 is 4.90 Å². The molecule has 0 atom stereocenters. The number of hydrogen-bond donors (Lipinski definition) is 0. The summed E-state index contributed by atoms with van der Waals surface area (Å²) in [6.45, 7) is 0.419. The Hall–Kier alpha value is -2.15. The van der Waals surface area contributed by atoms with E-state index in [0.717, 1.165) is 0 Å². The first-order valence-corrected chi connectivity index (χ1v) is 4.78. The minimum atomic E-state index is -0.352. The average molecular weight is 215 g/mol. The Bertz CT molecular complexity index is 560. The quantitative estimate of drug-likeness (QED) is 0.716. The summed E-state index contributed by atoms with van der Waals surface area (Å²) in [5, 5.41) is 0.667. The van der Waals surface area contributed by atoms with Crippen molar-refractivity contribution in [1.29, 1.82) is 0 Å². The molecular weight excluding hydrogens is 205 g/mol. The molecular formula is C12H10FN3. The van der Waals surface area contributed by atoms with Crippen LogP contribution >= 0.6 is 0 Å². The molecule has 0 N–H and O–H groups in total. The topological polar surface area (TPSA) is 29.0 Å². The van der Waals surface area contributed by atoms with Gasteiger partial charge in [0.1, 0.15) is 23.5 Å². The SMILES string of the molecule is C#CCN(C)c1ncnc2c(F)cccc12. The van der Waals surface area contributed by atoms with E-state index < -0.39 is 0 Å². The van der Waals surface area contributed by atoms with Crippen LogP contribution in [0.1, 0.15) is 0 Å². The fraction of sp³-hybridized carbons (Fsp3) is 0.167. The van der Waals surface area contributed by atoms with Gasteiger partial charge in [0.05, 0.1) is 6.54 Å². The highest BCUT2D eigenvalue weighted by Crippen LogP contribution is 2.23. The fourth-order valence-electron chi connectivity index (χ4n) is 1.55. The van der Waals surface area contributed by atoms with E-state index in [0.29, 0.717) is 23.3 Å². The van der Waals surface area contributed by atoms with E-state index in [1.807, 2.05) is 7.05 Å². The lowest BCUT2D eigenvalue weighted by molar-refractivity contribution is 0.636. The Balaban J connectivity index is 2.63. The molecule has 0 bridgehead atoms. The Morgan fingerprint density at radius 3 is 3.00 bits per heavy atom. The molecule has 0 amide bonds. The van der Waals surface area contributed by atoms with Crippen LogP contribution in [-0.4, -0.2) is 23.6 Å². The Morgan fingerprint density at radius 1 is 1.44 bits per heavy atom. The fourth-order valence-corrected chi connectivity index (χ4v) is 1.55. The summed E-state index contributed by atoms with van der Waals surface area (Å²) in [6, 6.07) is 4.79. The van der Waals surface area contributed by atoms with Gasteiger partial charge in [-0.3, -0.25) is 0 Å². The minimum Gasteiger partial charge on any atom is -0.348 e. The van der Waals surface area contributed by atoms with Crippen LogP contribution in [0.25, 0.3) is 10.9 Å². The molecule has 0 fully saturated rings. The molecule has 1 heterocycles. The zero-order valence-electron chi connectivity index (χ0n) is 8.81. The second kappa shape index (κ2) is 4.15. The Labute approximate surface area is 92.9 Å². The molecule has 0 saturated heterocycles. The molecule has 0 aliphatic rings. The number of anilines is 1. The third kappa shape index (κ3) is 1.68. The van der Waals surface area contributed by atoms with Gasteiger partial charge in [0.2, 0.25) is 0 Å². The molecule has 0 aliphatic heterocycles. The normalized spacial score (nSPS) is 10.1. The summed E-state index contributed by atoms with van der Waals surface area (Å²) in [6.07, 6.45) is 6.57. The maximum atomic E-state index is 13.5. The monoisotopic (exact) mass is 215 g/mol. The highest BCUT2D eigenvalue weighted by Gasteiger charge is 2.09. The number of halogens is 1. The van der Waals surface area contributed by atoms with E-state index in [2.05, 4.69) is 15.9 Å². The molecule has 2 aromatic rings. The second-order valence-electron chi connectivity index (χ2n) is 3.39. The molecule has 0 saturated carbocycles. The van der Waals surface area contributed by atoms with Gasteiger partial charge < -0.3 is 4.90 Å². The predicted octanol–water partition coefficient (Wildman–Crippen LogP) is 1.84. The van der Waals surface area contributed by atoms with Gasteiger partial charge in [-0.25, -0.2) is 14.4 Å². The molecule has 1 aromatic carbocycles. The van der Waals surface area contributed by atoms with Crippen LogP contribution in [0.15, 0.2) is 24.5 Å². The summed E-state index contributed by atoms with van der Waals surface area (Å²) in [5.41, 5.74) is 0.316. The molecule has 0 aliphatic carbocycles. The van der Waals surface area contributed by atoms with Crippen LogP contribution in [-0.2, 0) is 0 Å². The molecule has 0 unspecified atom stereocenters. The molecule has 0 spiro atoms. The van der Waals surface area contributed by atoms with E-state index in [9.17, 15) is 4.39 Å². The van der Waals surface area contributed by atoms with Gasteiger partial charge in [0, 0.05) is 12.4 Å². The third-order valence-corrected chi connectivity index (χ3v) is 2.28. The van der Waals surface area contributed by atoms with E-state index >= 15 is 0 Å². The average Bonchev–Trinajstić information content (AvgIpc) is 2.29. The zero-order valence-corrected chi connectivity index (χ0v) is 8.81. The van der Waals surface area contributed by atoms with Gasteiger partial charge >= 0.3 is 0 Å². The first-order valence-electron chi connectivity index (χ1n) is 4.78. The summed E-state index contributed by atoms with van der Waals surface area (Å²) >= 11 is 0. The number of para-hydroxylation sites is 1. The lowest BCUT2D eigenvalue weighted by Crippen LogP contribution is -2.18. The van der Waals surface area contributed by atoms with Gasteiger partial charge in [-0.15, -0.1) is 6.42 Å². The summed E-state index contributed by atoms with van der Waals surface area (Å²) < 4.78 is 13.5. The van der Waals surface area contributed by atoms with Crippen LogP contribution in [0.2, 0.25) is 0 Å². The van der Waals surface area contributed by atoms with Gasteiger partial charge in [-0.2, -0.15) is 0 Å². The van der Waals surface area contributed by atoms with E-state index in [4.69, 9.17) is 6.42 Å². The third-order valence-electron chi connectivity index (χ3n) is 2.28. The predicted molar refractivity (Wildman–Crippen MR) is 61.6 cm³/mol. The minimum absolute atomic E-state index is 0.316. The summed E-state index contributed by atoms with van der Waals surface area (Å²) in [4.78, 5) is 9.82. The van der Waals surface area contributed by atoms with Gasteiger partial charge in [-0.05, 0) is 12.1 Å². The molecule has 16 heavy (non-hydrogen) atoms. The molecule has 80 valence electrons. The number of hydrogen-bond acceptors (Lipinski definition) is 3. The standard InChI is InChI=1S/C12H10FN3/c1-3-7-16(2)12-9-5-4-6-10(13)11(9)14-8-15-12/h1,4-6,8H,7H2,2H3. The number of rotatable bonds is 2. The first-order chi connectivity index (χ1) is 7.74. The van der Waals surface area contributed by atoms with Crippen LogP contribution in [0.4, 0.5) is 10.2 Å². The van der Waals surface area contributed by atoms with Crippen molar-refractivity contribution in [2.75, 3.05) is 18.5 Å². The van der Waals surface area contributed by atoms with E-state index in [1.54, 1.807) is 17.0 Å². The van der Waals surface area contributed by atoms with Crippen molar-refractivity contribution < 1.29 is 4.39 Å². The van der Waals surface area contributed by atoms with Crippen molar-refractivity contribution in [2.45, 2.75) is 0 Å². The second-order valence-corrected chi connectivity index (χ2v) is 3.39. The summed E-state index contributed by atoms with van der Waals surface area (Å²) in [7, 11) is 1.81. The maximum absolute atomic E-state index is 13.5. The number of aromatic nitrogens is 2. The smallest absolute Gasteiger partial charge is 0.149 e. The molecule has 3 nitrogen and oxygen atoms in total. The Morgan fingerprint density at radius 2 is 2.25 bits per heavy atom. The van der Waals surface area contributed by atoms with Crippen LogP contribution in [0.3, 0.4) is 0 Å². The van der Waals surface area contributed by atoms with Gasteiger partial charge in [-0.1, -0.05) is 12.0 Å².